The second kappa shape index (κ2) is 5.20. The molecule has 0 saturated carbocycles. The molecule has 0 aliphatic heterocycles. The van der Waals surface area contributed by atoms with Crippen molar-refractivity contribution in [2.75, 3.05) is 0 Å². The first-order chi connectivity index (χ1) is 10.2. The van der Waals surface area contributed by atoms with Crippen LogP contribution in [0.4, 0.5) is 0 Å². The summed E-state index contributed by atoms with van der Waals surface area (Å²) in [5.41, 5.74) is 3.07. The van der Waals surface area contributed by atoms with Crippen molar-refractivity contribution in [2.24, 2.45) is 0 Å². The third-order valence-corrected chi connectivity index (χ3v) is 3.20. The number of benzene rings is 2. The van der Waals surface area contributed by atoms with Gasteiger partial charge in [-0.25, -0.2) is 9.48 Å². The van der Waals surface area contributed by atoms with Crippen LogP contribution in [0.3, 0.4) is 0 Å². The van der Waals surface area contributed by atoms with Crippen LogP contribution in [0.5, 0.6) is 0 Å². The monoisotopic (exact) mass is 279 g/mol. The first-order valence-corrected chi connectivity index (χ1v) is 6.48. The van der Waals surface area contributed by atoms with Gasteiger partial charge in [-0.3, -0.25) is 0 Å². The highest BCUT2D eigenvalue weighted by Crippen LogP contribution is 2.25. The van der Waals surface area contributed by atoms with Gasteiger partial charge in [0.25, 0.3) is 0 Å². The number of hydrogen-bond donors (Lipinski definition) is 1. The van der Waals surface area contributed by atoms with Gasteiger partial charge in [-0.2, -0.15) is 0 Å². The van der Waals surface area contributed by atoms with Gasteiger partial charge >= 0.3 is 5.97 Å². The number of para-hydroxylation sites is 1. The minimum absolute atomic E-state index is 0.0530. The molecule has 1 N–H and O–H groups in total. The molecular weight excluding hydrogens is 266 g/mol. The molecule has 0 aliphatic carbocycles. The van der Waals surface area contributed by atoms with E-state index >= 15 is 0 Å². The SMILES string of the molecule is Cc1ccc(-c2c(C(=O)O)nnn2-c2ccccc2)cc1. The molecule has 104 valence electrons. The molecular formula is C16H13N3O2. The lowest BCUT2D eigenvalue weighted by Gasteiger charge is -2.07. The quantitative estimate of drug-likeness (QED) is 0.800. The average molecular weight is 279 g/mol. The molecule has 0 unspecified atom stereocenters. The molecule has 0 aliphatic rings. The molecule has 5 heteroatoms. The van der Waals surface area contributed by atoms with E-state index in [0.29, 0.717) is 5.69 Å². The molecule has 1 heterocycles. The zero-order valence-corrected chi connectivity index (χ0v) is 11.4. The molecule has 3 aromatic rings. The number of aromatic nitrogens is 3. The first kappa shape index (κ1) is 13.1. The molecule has 21 heavy (non-hydrogen) atoms. The summed E-state index contributed by atoms with van der Waals surface area (Å²) < 4.78 is 1.55. The Bertz CT molecular complexity index is 777. The Labute approximate surface area is 121 Å². The van der Waals surface area contributed by atoms with Gasteiger partial charge in [0.1, 0.15) is 5.69 Å². The maximum absolute atomic E-state index is 11.4. The number of nitrogens with zero attached hydrogens (tertiary/aromatic N) is 3. The summed E-state index contributed by atoms with van der Waals surface area (Å²) in [4.78, 5) is 11.4. The van der Waals surface area contributed by atoms with Gasteiger partial charge in [-0.05, 0) is 19.1 Å². The summed E-state index contributed by atoms with van der Waals surface area (Å²) in [6.45, 7) is 1.98. The minimum atomic E-state index is -1.09. The van der Waals surface area contributed by atoms with Gasteiger partial charge in [-0.1, -0.05) is 53.2 Å². The third-order valence-electron chi connectivity index (χ3n) is 3.20. The number of carboxylic acids is 1. The van der Waals surface area contributed by atoms with E-state index in [-0.39, 0.29) is 5.69 Å². The number of rotatable bonds is 3. The van der Waals surface area contributed by atoms with E-state index < -0.39 is 5.97 Å². The Morgan fingerprint density at radius 2 is 1.71 bits per heavy atom. The van der Waals surface area contributed by atoms with Crippen LogP contribution >= 0.6 is 0 Å². The van der Waals surface area contributed by atoms with Crippen LogP contribution in [0.2, 0.25) is 0 Å². The maximum atomic E-state index is 11.4. The smallest absolute Gasteiger partial charge is 0.358 e. The largest absolute Gasteiger partial charge is 0.476 e. The fourth-order valence-corrected chi connectivity index (χ4v) is 2.15. The maximum Gasteiger partial charge on any atom is 0.358 e. The highest BCUT2D eigenvalue weighted by Gasteiger charge is 2.21. The topological polar surface area (TPSA) is 68.0 Å². The van der Waals surface area contributed by atoms with Crippen LogP contribution in [0.15, 0.2) is 54.6 Å². The summed E-state index contributed by atoms with van der Waals surface area (Å²) >= 11 is 0. The number of carbonyl (C=O) groups is 1. The van der Waals surface area contributed by atoms with Gasteiger partial charge in [0.15, 0.2) is 5.69 Å². The van der Waals surface area contributed by atoms with E-state index in [4.69, 9.17) is 0 Å². The van der Waals surface area contributed by atoms with E-state index in [1.165, 1.54) is 0 Å². The van der Waals surface area contributed by atoms with Crippen molar-refractivity contribution in [1.82, 2.24) is 15.0 Å². The predicted molar refractivity (Wildman–Crippen MR) is 78.5 cm³/mol. The van der Waals surface area contributed by atoms with Gasteiger partial charge in [0.05, 0.1) is 5.69 Å². The van der Waals surface area contributed by atoms with Crippen molar-refractivity contribution in [1.29, 1.82) is 0 Å². The Kier molecular flexibility index (Phi) is 3.23. The van der Waals surface area contributed by atoms with Crippen LogP contribution in [0, 0.1) is 6.92 Å². The molecule has 3 rings (SSSR count). The van der Waals surface area contributed by atoms with Gasteiger partial charge in [-0.15, -0.1) is 5.10 Å². The number of carboxylic acid groups (broad SMARTS) is 1. The van der Waals surface area contributed by atoms with Crippen LogP contribution < -0.4 is 0 Å². The third kappa shape index (κ3) is 2.41. The van der Waals surface area contributed by atoms with E-state index in [2.05, 4.69) is 10.3 Å². The lowest BCUT2D eigenvalue weighted by Crippen LogP contribution is -2.03. The summed E-state index contributed by atoms with van der Waals surface area (Å²) in [6.07, 6.45) is 0. The van der Waals surface area contributed by atoms with Crippen molar-refractivity contribution in [3.63, 3.8) is 0 Å². The van der Waals surface area contributed by atoms with Gasteiger partial charge in [0, 0.05) is 5.56 Å². The lowest BCUT2D eigenvalue weighted by molar-refractivity contribution is 0.0691. The minimum Gasteiger partial charge on any atom is -0.476 e. The molecule has 1 aromatic heterocycles. The van der Waals surface area contributed by atoms with Crippen molar-refractivity contribution in [3.05, 3.63) is 65.9 Å². The van der Waals surface area contributed by atoms with E-state index in [9.17, 15) is 9.90 Å². The van der Waals surface area contributed by atoms with Crippen molar-refractivity contribution in [2.45, 2.75) is 6.92 Å². The van der Waals surface area contributed by atoms with E-state index in [1.807, 2.05) is 61.5 Å². The van der Waals surface area contributed by atoms with E-state index in [1.54, 1.807) is 4.68 Å². The molecule has 0 atom stereocenters. The number of aryl methyl sites for hydroxylation is 1. The first-order valence-electron chi connectivity index (χ1n) is 6.48. The molecule has 0 bridgehead atoms. The van der Waals surface area contributed by atoms with Crippen LogP contribution in [-0.4, -0.2) is 26.1 Å². The normalized spacial score (nSPS) is 10.5. The number of hydrogen-bond acceptors (Lipinski definition) is 3. The molecule has 0 spiro atoms. The fraction of sp³-hybridized carbons (Fsp3) is 0.0625. The second-order valence-corrected chi connectivity index (χ2v) is 4.71. The van der Waals surface area contributed by atoms with Crippen LogP contribution in [0.1, 0.15) is 16.1 Å². The van der Waals surface area contributed by atoms with Crippen molar-refractivity contribution >= 4 is 5.97 Å². The predicted octanol–water partition coefficient (Wildman–Crippen LogP) is 2.94. The highest BCUT2D eigenvalue weighted by atomic mass is 16.4. The second-order valence-electron chi connectivity index (χ2n) is 4.71. The highest BCUT2D eigenvalue weighted by molar-refractivity contribution is 5.93. The summed E-state index contributed by atoms with van der Waals surface area (Å²) in [6, 6.07) is 17.0. The standard InChI is InChI=1S/C16H13N3O2/c1-11-7-9-12(10-8-11)15-14(16(20)21)17-18-19(15)13-5-3-2-4-6-13/h2-10H,1H3,(H,20,21). The molecule has 0 amide bonds. The molecule has 0 saturated heterocycles. The zero-order valence-electron chi connectivity index (χ0n) is 11.4. The molecule has 0 radical (unpaired) electrons. The lowest BCUT2D eigenvalue weighted by atomic mass is 10.1. The van der Waals surface area contributed by atoms with Crippen molar-refractivity contribution < 1.29 is 9.90 Å². The molecule has 5 nitrogen and oxygen atoms in total. The average Bonchev–Trinajstić information content (AvgIpc) is 2.94. The Balaban J connectivity index is 2.23. The summed E-state index contributed by atoms with van der Waals surface area (Å²) in [7, 11) is 0. The van der Waals surface area contributed by atoms with E-state index in [0.717, 1.165) is 16.8 Å². The summed E-state index contributed by atoms with van der Waals surface area (Å²) in [5, 5.41) is 17.1. The van der Waals surface area contributed by atoms with Gasteiger partial charge in [0.2, 0.25) is 0 Å². The zero-order chi connectivity index (χ0) is 14.8. The van der Waals surface area contributed by atoms with Crippen LogP contribution in [-0.2, 0) is 0 Å². The Morgan fingerprint density at radius 1 is 1.05 bits per heavy atom. The Hall–Kier alpha value is -2.95. The molecule has 0 fully saturated rings. The number of aromatic carboxylic acids is 1. The van der Waals surface area contributed by atoms with Crippen LogP contribution in [0.25, 0.3) is 16.9 Å². The van der Waals surface area contributed by atoms with Crippen molar-refractivity contribution in [3.8, 4) is 16.9 Å². The van der Waals surface area contributed by atoms with Gasteiger partial charge < -0.3 is 5.11 Å². The fourth-order valence-electron chi connectivity index (χ4n) is 2.15. The Morgan fingerprint density at radius 3 is 2.33 bits per heavy atom. The molecule has 2 aromatic carbocycles. The summed E-state index contributed by atoms with van der Waals surface area (Å²) in [5.74, 6) is -1.09.